The molecule has 0 saturated heterocycles. The Morgan fingerprint density at radius 2 is 2.17 bits per heavy atom. The molecule has 0 fully saturated rings. The third kappa shape index (κ3) is 3.48. The van der Waals surface area contributed by atoms with E-state index < -0.39 is 23.9 Å². The van der Waals surface area contributed by atoms with Gasteiger partial charge in [0.05, 0.1) is 41.2 Å². The number of nitrogens with one attached hydrogen (secondary N) is 1. The van der Waals surface area contributed by atoms with Crippen molar-refractivity contribution in [3.63, 3.8) is 0 Å². The van der Waals surface area contributed by atoms with Gasteiger partial charge in [0, 0.05) is 28.6 Å². The van der Waals surface area contributed by atoms with Gasteiger partial charge in [0.15, 0.2) is 11.6 Å². The molecule has 0 amide bonds. The highest BCUT2D eigenvalue weighted by molar-refractivity contribution is 5.98. The van der Waals surface area contributed by atoms with Crippen LogP contribution in [0.2, 0.25) is 0 Å². The minimum Gasteiger partial charge on any atom is -0.490 e. The molecule has 4 N–H and O–H groups in total. The first kappa shape index (κ1) is 24.0. The van der Waals surface area contributed by atoms with Crippen LogP contribution in [0.25, 0.3) is 22.3 Å². The van der Waals surface area contributed by atoms with Gasteiger partial charge in [-0.1, -0.05) is 13.5 Å². The molecule has 5 rings (SSSR count). The fraction of sp³-hybridized carbons (Fsp3) is 0.346. The first-order valence-electron chi connectivity index (χ1n) is 11.7. The molecule has 1 atom stereocenters. The Labute approximate surface area is 206 Å². The summed E-state index contributed by atoms with van der Waals surface area (Å²) in [6.45, 7) is 9.22. The Balaban J connectivity index is 1.74. The van der Waals surface area contributed by atoms with Gasteiger partial charge in [-0.25, -0.2) is 9.37 Å². The maximum Gasteiger partial charge on any atom is 0.325 e. The third-order valence-corrected chi connectivity index (χ3v) is 6.70. The molecule has 2 aliphatic rings. The lowest BCUT2D eigenvalue weighted by Crippen LogP contribution is -2.38. The van der Waals surface area contributed by atoms with E-state index in [1.165, 1.54) is 6.07 Å². The number of halogens is 1. The number of hydrogen-bond acceptors (Lipinski definition) is 8. The van der Waals surface area contributed by atoms with E-state index in [9.17, 15) is 14.7 Å². The number of benzene rings is 1. The molecule has 0 bridgehead atoms. The number of carbonyl (C=O) groups excluding carboxylic acids is 1. The van der Waals surface area contributed by atoms with Crippen LogP contribution in [-0.4, -0.2) is 33.2 Å². The highest BCUT2D eigenvalue weighted by atomic mass is 19.1. The lowest BCUT2D eigenvalue weighted by molar-refractivity contribution is -0.132. The number of nitrogens with zero attached hydrogens (tertiary/aromatic N) is 2. The second kappa shape index (κ2) is 8.42. The maximum absolute atomic E-state index is 15.1. The predicted octanol–water partition coefficient (Wildman–Crippen LogP) is 2.89. The molecule has 2 aromatic heterocycles. The Morgan fingerprint density at radius 3 is 2.83 bits per heavy atom. The van der Waals surface area contributed by atoms with Crippen molar-refractivity contribution in [2.24, 2.45) is 5.73 Å². The van der Waals surface area contributed by atoms with Crippen LogP contribution in [0.3, 0.4) is 0 Å². The van der Waals surface area contributed by atoms with E-state index in [1.807, 2.05) is 19.9 Å². The van der Waals surface area contributed by atoms with E-state index in [4.69, 9.17) is 20.2 Å². The molecule has 0 spiro atoms. The Morgan fingerprint density at radius 1 is 1.42 bits per heavy atom. The van der Waals surface area contributed by atoms with Gasteiger partial charge >= 0.3 is 5.97 Å². The summed E-state index contributed by atoms with van der Waals surface area (Å²) < 4.78 is 27.5. The van der Waals surface area contributed by atoms with E-state index in [0.29, 0.717) is 33.4 Å². The average Bonchev–Trinajstić information content (AvgIpc) is 3.20. The standard InChI is InChI=1S/C26H27FN4O5/c1-5-26(34)13(4)35-11-16-17(26)7-20-22-14(10-31(20)25(16)33)6-15-19(30-22)8-18(27)24(36-21(32)9-28)23(15)29-12(2)3/h6-8,12,29,34H,4-5,9-11,28H2,1-3H3/t26-/m1/s1. The normalized spacial score (nSPS) is 18.0. The number of fused-ring (bicyclic) bond motifs is 5. The maximum atomic E-state index is 15.1. The molecule has 0 unspecified atom stereocenters. The zero-order valence-electron chi connectivity index (χ0n) is 20.3. The van der Waals surface area contributed by atoms with Crippen molar-refractivity contribution in [2.45, 2.75) is 52.0 Å². The zero-order chi connectivity index (χ0) is 25.9. The van der Waals surface area contributed by atoms with Gasteiger partial charge in [0.25, 0.3) is 5.56 Å². The van der Waals surface area contributed by atoms with Crippen LogP contribution < -0.4 is 21.3 Å². The molecule has 1 aromatic carbocycles. The number of hydrogen-bond donors (Lipinski definition) is 3. The van der Waals surface area contributed by atoms with Crippen molar-refractivity contribution >= 4 is 22.6 Å². The van der Waals surface area contributed by atoms with Crippen molar-refractivity contribution in [2.75, 3.05) is 11.9 Å². The molecule has 36 heavy (non-hydrogen) atoms. The SMILES string of the molecule is C=C1OCc2c(cc3n(c2=O)Cc2cc4c(NC(C)C)c(OC(=O)CN)c(F)cc4nc2-3)[C@@]1(O)CC. The molecule has 10 heteroatoms. The fourth-order valence-corrected chi connectivity index (χ4v) is 4.87. The number of aromatic nitrogens is 2. The number of aliphatic hydroxyl groups is 1. The summed E-state index contributed by atoms with van der Waals surface area (Å²) in [5, 5.41) is 14.9. The molecular weight excluding hydrogens is 467 g/mol. The summed E-state index contributed by atoms with van der Waals surface area (Å²) in [5.41, 5.74) is 6.78. The summed E-state index contributed by atoms with van der Waals surface area (Å²) in [6.07, 6.45) is 0.277. The molecule has 0 saturated carbocycles. The topological polar surface area (TPSA) is 129 Å². The Kier molecular flexibility index (Phi) is 5.60. The van der Waals surface area contributed by atoms with Gasteiger partial charge < -0.3 is 30.2 Å². The molecule has 4 heterocycles. The van der Waals surface area contributed by atoms with Gasteiger partial charge in [-0.15, -0.1) is 0 Å². The van der Waals surface area contributed by atoms with E-state index in [2.05, 4.69) is 11.9 Å². The van der Waals surface area contributed by atoms with E-state index in [-0.39, 0.29) is 48.4 Å². The minimum absolute atomic E-state index is 0.0187. The highest BCUT2D eigenvalue weighted by Crippen LogP contribution is 2.43. The predicted molar refractivity (Wildman–Crippen MR) is 132 cm³/mol. The molecule has 3 aromatic rings. The molecule has 0 aliphatic carbocycles. The van der Waals surface area contributed by atoms with Crippen LogP contribution in [0.15, 0.2) is 35.3 Å². The summed E-state index contributed by atoms with van der Waals surface area (Å²) in [4.78, 5) is 30.0. The van der Waals surface area contributed by atoms with E-state index in [0.717, 1.165) is 5.56 Å². The molecule has 0 radical (unpaired) electrons. The number of nitrogens with two attached hydrogens (primary N) is 1. The monoisotopic (exact) mass is 494 g/mol. The number of ether oxygens (including phenoxy) is 2. The van der Waals surface area contributed by atoms with Crippen molar-refractivity contribution in [1.82, 2.24) is 9.55 Å². The largest absolute Gasteiger partial charge is 0.490 e. The second-order valence-corrected chi connectivity index (χ2v) is 9.34. The van der Waals surface area contributed by atoms with Crippen LogP contribution in [0.5, 0.6) is 5.75 Å². The van der Waals surface area contributed by atoms with Crippen molar-refractivity contribution < 1.29 is 23.8 Å². The highest BCUT2D eigenvalue weighted by Gasteiger charge is 2.41. The van der Waals surface area contributed by atoms with Crippen molar-refractivity contribution in [1.29, 1.82) is 0 Å². The fourth-order valence-electron chi connectivity index (χ4n) is 4.87. The van der Waals surface area contributed by atoms with Crippen LogP contribution >= 0.6 is 0 Å². The van der Waals surface area contributed by atoms with E-state index >= 15 is 4.39 Å². The van der Waals surface area contributed by atoms with Crippen molar-refractivity contribution in [3.05, 3.63) is 63.4 Å². The number of pyridine rings is 2. The Hall–Kier alpha value is -3.76. The van der Waals surface area contributed by atoms with Gasteiger partial charge in [-0.05, 0) is 32.4 Å². The smallest absolute Gasteiger partial charge is 0.325 e. The number of anilines is 1. The molecule has 9 nitrogen and oxygen atoms in total. The number of carbonyl (C=O) groups is 1. The van der Waals surface area contributed by atoms with Gasteiger partial charge in [0.2, 0.25) is 0 Å². The van der Waals surface area contributed by atoms with Crippen LogP contribution in [0.4, 0.5) is 10.1 Å². The Bertz CT molecular complexity index is 1510. The first-order chi connectivity index (χ1) is 17.1. The quantitative estimate of drug-likeness (QED) is 0.285. The molecule has 2 aliphatic heterocycles. The van der Waals surface area contributed by atoms with Gasteiger partial charge in [0.1, 0.15) is 18.0 Å². The summed E-state index contributed by atoms with van der Waals surface area (Å²) >= 11 is 0. The second-order valence-electron chi connectivity index (χ2n) is 9.34. The average molecular weight is 495 g/mol. The minimum atomic E-state index is -1.50. The zero-order valence-corrected chi connectivity index (χ0v) is 20.3. The van der Waals surface area contributed by atoms with E-state index in [1.54, 1.807) is 17.6 Å². The van der Waals surface area contributed by atoms with Gasteiger partial charge in [-0.3, -0.25) is 9.59 Å². The van der Waals surface area contributed by atoms with Crippen LogP contribution in [-0.2, 0) is 28.3 Å². The van der Waals surface area contributed by atoms with Gasteiger partial charge in [-0.2, -0.15) is 0 Å². The lowest BCUT2D eigenvalue weighted by Gasteiger charge is -2.35. The summed E-state index contributed by atoms with van der Waals surface area (Å²) in [5.74, 6) is -1.60. The number of rotatable bonds is 5. The van der Waals surface area contributed by atoms with Crippen LogP contribution in [0.1, 0.15) is 43.9 Å². The van der Waals surface area contributed by atoms with Crippen molar-refractivity contribution in [3.8, 4) is 17.1 Å². The summed E-state index contributed by atoms with van der Waals surface area (Å²) in [6, 6.07) is 4.65. The molecular formula is C26H27FN4O5. The lowest BCUT2D eigenvalue weighted by atomic mass is 9.84. The first-order valence-corrected chi connectivity index (χ1v) is 11.7. The van der Waals surface area contributed by atoms with Crippen LogP contribution in [0, 0.1) is 5.82 Å². The number of esters is 1. The molecule has 188 valence electrons. The summed E-state index contributed by atoms with van der Waals surface area (Å²) in [7, 11) is 0. The third-order valence-electron chi connectivity index (χ3n) is 6.70.